The van der Waals surface area contributed by atoms with E-state index in [2.05, 4.69) is 31.9 Å². The van der Waals surface area contributed by atoms with Crippen LogP contribution in [-0.2, 0) is 38.4 Å². The van der Waals surface area contributed by atoms with Crippen molar-refractivity contribution in [1.82, 2.24) is 31.9 Å². The molecule has 0 aromatic carbocycles. The van der Waals surface area contributed by atoms with Crippen LogP contribution in [0, 0.1) is 5.92 Å². The number of hydrogen-bond acceptors (Lipinski definition) is 11. The quantitative estimate of drug-likeness (QED) is 0.0655. The van der Waals surface area contributed by atoms with Crippen LogP contribution < -0.4 is 43.4 Å². The van der Waals surface area contributed by atoms with E-state index in [1.807, 2.05) is 0 Å². The monoisotopic (exact) mass is 604 g/mol. The van der Waals surface area contributed by atoms with Crippen molar-refractivity contribution in [2.24, 2.45) is 17.4 Å². The summed E-state index contributed by atoms with van der Waals surface area (Å²) in [5.74, 6) is -8.12. The number of primary amides is 1. The van der Waals surface area contributed by atoms with Gasteiger partial charge in [0.05, 0.1) is 32.3 Å². The average Bonchev–Trinajstić information content (AvgIpc) is 2.91. The number of carbonyl (C=O) groups is 8. The van der Waals surface area contributed by atoms with E-state index >= 15 is 0 Å². The van der Waals surface area contributed by atoms with E-state index < -0.39 is 110 Å². The maximum atomic E-state index is 12.6. The van der Waals surface area contributed by atoms with Crippen LogP contribution in [0.2, 0.25) is 0 Å². The topological polar surface area (TPSA) is 321 Å². The van der Waals surface area contributed by atoms with Crippen LogP contribution >= 0.6 is 0 Å². The Morgan fingerprint density at radius 3 is 1.55 bits per heavy atom. The molecule has 13 N–H and O–H groups in total. The second-order valence-electron chi connectivity index (χ2n) is 9.46. The lowest BCUT2D eigenvalue weighted by Gasteiger charge is -2.24. The van der Waals surface area contributed by atoms with Gasteiger partial charge in [-0.25, -0.2) is 4.79 Å². The molecule has 0 aliphatic carbocycles. The highest BCUT2D eigenvalue weighted by molar-refractivity contribution is 5.95. The zero-order valence-electron chi connectivity index (χ0n) is 23.5. The molecule has 0 saturated heterocycles. The Morgan fingerprint density at radius 2 is 1.12 bits per heavy atom. The third-order valence-electron chi connectivity index (χ3n) is 5.47. The maximum absolute atomic E-state index is 12.6. The van der Waals surface area contributed by atoms with E-state index in [1.165, 1.54) is 20.8 Å². The van der Waals surface area contributed by atoms with E-state index in [9.17, 15) is 53.7 Å². The number of hydrogen-bond donors (Lipinski definition) is 11. The number of carboxylic acids is 1. The summed E-state index contributed by atoms with van der Waals surface area (Å²) in [6, 6.07) is -6.81. The number of aliphatic carboxylic acids is 1. The molecule has 238 valence electrons. The number of carbonyl (C=O) groups excluding carboxylic acids is 7. The highest BCUT2D eigenvalue weighted by Crippen LogP contribution is 2.02. The molecule has 0 fully saturated rings. The van der Waals surface area contributed by atoms with Gasteiger partial charge in [-0.15, -0.1) is 0 Å². The van der Waals surface area contributed by atoms with Gasteiger partial charge >= 0.3 is 5.97 Å². The third kappa shape index (κ3) is 14.3. The standard InChI is InChI=1S/C23H40N8O11/c1-10(2)18(23(41)42)31-22(40)14(9-33)30-21(39)13(8-32)29-17(36)7-27-20(38)12(4-5-15(25)34)28-16(35)6-26-19(37)11(3)24/h10-14,18,32-33H,4-9,24H2,1-3H3,(H2,25,34)(H,26,37)(H,27,38)(H,28,35)(H,29,36)(H,30,39)(H,31,40)(H,41,42)/t11-,12-,13-,14-,18-/m0/s1. The molecule has 0 aliphatic heterocycles. The number of nitrogens with two attached hydrogens (primary N) is 2. The summed E-state index contributed by atoms with van der Waals surface area (Å²) in [6.07, 6.45) is -0.560. The van der Waals surface area contributed by atoms with Crippen molar-refractivity contribution >= 4 is 47.3 Å². The Bertz CT molecular complexity index is 1000. The van der Waals surface area contributed by atoms with Gasteiger partial charge < -0.3 is 58.7 Å². The fourth-order valence-corrected chi connectivity index (χ4v) is 3.09. The Kier molecular flexibility index (Phi) is 16.9. The smallest absolute Gasteiger partial charge is 0.326 e. The Morgan fingerprint density at radius 1 is 0.667 bits per heavy atom. The second-order valence-corrected chi connectivity index (χ2v) is 9.46. The van der Waals surface area contributed by atoms with Crippen LogP contribution in [0.25, 0.3) is 0 Å². The number of nitrogens with one attached hydrogen (secondary N) is 6. The molecule has 0 aromatic rings. The van der Waals surface area contributed by atoms with Crippen LogP contribution in [0.4, 0.5) is 0 Å². The summed E-state index contributed by atoms with van der Waals surface area (Å²) >= 11 is 0. The van der Waals surface area contributed by atoms with Crippen molar-refractivity contribution in [2.75, 3.05) is 26.3 Å². The fraction of sp³-hybridized carbons (Fsp3) is 0.652. The molecule has 0 bridgehead atoms. The van der Waals surface area contributed by atoms with E-state index in [4.69, 9.17) is 11.5 Å². The molecule has 0 heterocycles. The molecule has 42 heavy (non-hydrogen) atoms. The van der Waals surface area contributed by atoms with Gasteiger partial charge in [-0.3, -0.25) is 33.6 Å². The van der Waals surface area contributed by atoms with E-state index in [1.54, 1.807) is 0 Å². The fourth-order valence-electron chi connectivity index (χ4n) is 3.09. The third-order valence-corrected chi connectivity index (χ3v) is 5.47. The zero-order chi connectivity index (χ0) is 32.6. The zero-order valence-corrected chi connectivity index (χ0v) is 23.5. The van der Waals surface area contributed by atoms with Gasteiger partial charge in [0, 0.05) is 6.42 Å². The molecule has 0 saturated carbocycles. The minimum absolute atomic E-state index is 0.248. The first-order valence-electron chi connectivity index (χ1n) is 12.8. The number of aliphatic hydroxyl groups is 2. The number of rotatable bonds is 19. The molecule has 0 unspecified atom stereocenters. The van der Waals surface area contributed by atoms with Gasteiger partial charge in [-0.1, -0.05) is 13.8 Å². The first-order chi connectivity index (χ1) is 19.5. The first-order valence-corrected chi connectivity index (χ1v) is 12.8. The normalized spacial score (nSPS) is 14.3. The maximum Gasteiger partial charge on any atom is 0.326 e. The van der Waals surface area contributed by atoms with E-state index in [0.717, 1.165) is 0 Å². The van der Waals surface area contributed by atoms with Crippen molar-refractivity contribution in [3.8, 4) is 0 Å². The molecule has 7 amide bonds. The molecule has 0 aliphatic rings. The Balaban J connectivity index is 5.14. The number of amides is 7. The summed E-state index contributed by atoms with van der Waals surface area (Å²) < 4.78 is 0. The molecule has 0 rings (SSSR count). The van der Waals surface area contributed by atoms with Gasteiger partial charge in [-0.05, 0) is 19.3 Å². The summed E-state index contributed by atoms with van der Waals surface area (Å²) in [5.41, 5.74) is 10.5. The van der Waals surface area contributed by atoms with Gasteiger partial charge in [-0.2, -0.15) is 0 Å². The molecular formula is C23H40N8O11. The second kappa shape index (κ2) is 18.9. The van der Waals surface area contributed by atoms with Crippen LogP contribution in [0.5, 0.6) is 0 Å². The summed E-state index contributed by atoms with van der Waals surface area (Å²) in [7, 11) is 0. The largest absolute Gasteiger partial charge is 0.480 e. The van der Waals surface area contributed by atoms with Gasteiger partial charge in [0.15, 0.2) is 0 Å². The van der Waals surface area contributed by atoms with Crippen LogP contribution in [0.1, 0.15) is 33.6 Å². The molecule has 0 radical (unpaired) electrons. The predicted molar refractivity (Wildman–Crippen MR) is 142 cm³/mol. The summed E-state index contributed by atoms with van der Waals surface area (Å²) in [5, 5.41) is 41.3. The van der Waals surface area contributed by atoms with Crippen molar-refractivity contribution in [3.05, 3.63) is 0 Å². The molecule has 19 heteroatoms. The molecule has 19 nitrogen and oxygen atoms in total. The SMILES string of the molecule is CC(C)[C@H](NC(=O)[C@H](CO)NC(=O)[C@H](CO)NC(=O)CNC(=O)[C@H](CCC(N)=O)NC(=O)CNC(=O)[C@H](C)N)C(=O)O. The lowest BCUT2D eigenvalue weighted by atomic mass is 10.0. The highest BCUT2D eigenvalue weighted by atomic mass is 16.4. The first kappa shape index (κ1) is 37.6. The van der Waals surface area contributed by atoms with Crippen LogP contribution in [0.3, 0.4) is 0 Å². The van der Waals surface area contributed by atoms with Gasteiger partial charge in [0.2, 0.25) is 41.4 Å². The molecule has 0 aromatic heterocycles. The number of aliphatic hydroxyl groups excluding tert-OH is 2. The van der Waals surface area contributed by atoms with Gasteiger partial charge in [0.1, 0.15) is 24.2 Å². The average molecular weight is 605 g/mol. The molecule has 5 atom stereocenters. The van der Waals surface area contributed by atoms with Crippen LogP contribution in [-0.4, -0.2) is 119 Å². The van der Waals surface area contributed by atoms with E-state index in [0.29, 0.717) is 0 Å². The lowest BCUT2D eigenvalue weighted by molar-refractivity contribution is -0.144. The highest BCUT2D eigenvalue weighted by Gasteiger charge is 2.30. The molecular weight excluding hydrogens is 564 g/mol. The van der Waals surface area contributed by atoms with Crippen molar-refractivity contribution in [2.45, 2.75) is 63.8 Å². The van der Waals surface area contributed by atoms with Crippen molar-refractivity contribution < 1.29 is 53.7 Å². The minimum atomic E-state index is -1.64. The number of carboxylic acid groups (broad SMARTS) is 1. The molecule has 0 spiro atoms. The Hall–Kier alpha value is -4.36. The summed E-state index contributed by atoms with van der Waals surface area (Å²) in [6.45, 7) is 1.26. The van der Waals surface area contributed by atoms with Crippen molar-refractivity contribution in [1.29, 1.82) is 0 Å². The minimum Gasteiger partial charge on any atom is -0.480 e. The van der Waals surface area contributed by atoms with Crippen molar-refractivity contribution in [3.63, 3.8) is 0 Å². The lowest BCUT2D eigenvalue weighted by Crippen LogP contribution is -2.59. The van der Waals surface area contributed by atoms with E-state index in [-0.39, 0.29) is 12.8 Å². The Labute approximate surface area is 240 Å². The van der Waals surface area contributed by atoms with Gasteiger partial charge in [0.25, 0.3) is 0 Å². The predicted octanol–water partition coefficient (Wildman–Crippen LogP) is -6.50. The van der Waals surface area contributed by atoms with Crippen LogP contribution in [0.15, 0.2) is 0 Å². The summed E-state index contributed by atoms with van der Waals surface area (Å²) in [4.78, 5) is 95.8.